The number of aromatic nitrogens is 1. The molecular formula is C24H28N2O3. The Balaban J connectivity index is 1.74. The Bertz CT molecular complexity index is 1020. The van der Waals surface area contributed by atoms with Crippen molar-refractivity contribution in [3.05, 3.63) is 71.4 Å². The van der Waals surface area contributed by atoms with Crippen molar-refractivity contribution in [2.24, 2.45) is 0 Å². The lowest BCUT2D eigenvalue weighted by molar-refractivity contribution is -0.172. The fourth-order valence-electron chi connectivity index (χ4n) is 4.17. The predicted octanol–water partition coefficient (Wildman–Crippen LogP) is 3.31. The molecule has 1 aliphatic heterocycles. The highest BCUT2D eigenvalue weighted by molar-refractivity contribution is 5.84. The monoisotopic (exact) mass is 392 g/mol. The number of ether oxygens (including phenoxy) is 1. The lowest BCUT2D eigenvalue weighted by Crippen LogP contribution is -2.65. The normalized spacial score (nSPS) is 22.9. The van der Waals surface area contributed by atoms with E-state index in [1.165, 1.54) is 5.56 Å². The molecule has 5 heteroatoms. The standard InChI is InChI=1S/C24H28N2O3/c1-16-9-11-25-20-13-19-21(14-18(16)20)29-23(2,3)24(28,15-27)22(19)26-12-10-17-7-5-4-6-8-17/h4-9,11,13-14,22,26-28H,10,12,15H2,1-3H3. The number of aryl methyl sites for hydroxylation is 1. The average Bonchev–Trinajstić information content (AvgIpc) is 2.71. The number of hydrogen-bond donors (Lipinski definition) is 3. The zero-order chi connectivity index (χ0) is 20.6. The smallest absolute Gasteiger partial charge is 0.146 e. The molecule has 4 rings (SSSR count). The number of aliphatic hydroxyl groups is 2. The molecule has 2 aromatic carbocycles. The van der Waals surface area contributed by atoms with Crippen molar-refractivity contribution in [3.8, 4) is 5.75 Å². The Labute approximate surface area is 171 Å². The van der Waals surface area contributed by atoms with Crippen LogP contribution in [0.1, 0.15) is 36.6 Å². The van der Waals surface area contributed by atoms with Crippen LogP contribution in [-0.4, -0.2) is 39.6 Å². The first-order chi connectivity index (χ1) is 13.9. The van der Waals surface area contributed by atoms with Gasteiger partial charge in [-0.3, -0.25) is 4.98 Å². The third kappa shape index (κ3) is 3.39. The van der Waals surface area contributed by atoms with Crippen molar-refractivity contribution in [1.82, 2.24) is 10.3 Å². The number of nitrogens with zero attached hydrogens (tertiary/aromatic N) is 1. The van der Waals surface area contributed by atoms with Crippen molar-refractivity contribution >= 4 is 10.9 Å². The number of aliphatic hydroxyl groups excluding tert-OH is 1. The van der Waals surface area contributed by atoms with Gasteiger partial charge in [-0.25, -0.2) is 0 Å². The van der Waals surface area contributed by atoms with E-state index in [-0.39, 0.29) is 0 Å². The van der Waals surface area contributed by atoms with Crippen LogP contribution in [0.25, 0.3) is 10.9 Å². The molecule has 0 radical (unpaired) electrons. The molecule has 2 heterocycles. The summed E-state index contributed by atoms with van der Waals surface area (Å²) in [4.78, 5) is 4.49. The Hall–Kier alpha value is -2.47. The summed E-state index contributed by atoms with van der Waals surface area (Å²) in [7, 11) is 0. The molecule has 1 aromatic heterocycles. The van der Waals surface area contributed by atoms with E-state index in [0.29, 0.717) is 12.3 Å². The second-order valence-electron chi connectivity index (χ2n) is 8.35. The van der Waals surface area contributed by atoms with Gasteiger partial charge in [0.25, 0.3) is 0 Å². The third-order valence-corrected chi connectivity index (χ3v) is 6.13. The van der Waals surface area contributed by atoms with Gasteiger partial charge in [0.15, 0.2) is 0 Å². The van der Waals surface area contributed by atoms with E-state index in [2.05, 4.69) is 22.4 Å². The van der Waals surface area contributed by atoms with Gasteiger partial charge < -0.3 is 20.3 Å². The van der Waals surface area contributed by atoms with Gasteiger partial charge in [0, 0.05) is 17.1 Å². The van der Waals surface area contributed by atoms with Crippen molar-refractivity contribution in [2.75, 3.05) is 13.2 Å². The molecule has 0 amide bonds. The molecule has 152 valence electrons. The summed E-state index contributed by atoms with van der Waals surface area (Å²) in [5.74, 6) is 0.717. The molecule has 1 aliphatic rings. The topological polar surface area (TPSA) is 74.6 Å². The lowest BCUT2D eigenvalue weighted by atomic mass is 9.74. The van der Waals surface area contributed by atoms with Gasteiger partial charge in [-0.1, -0.05) is 30.3 Å². The van der Waals surface area contributed by atoms with Crippen LogP contribution in [0.2, 0.25) is 0 Å². The molecule has 0 fully saturated rings. The Morgan fingerprint density at radius 2 is 1.90 bits per heavy atom. The fourth-order valence-corrected chi connectivity index (χ4v) is 4.17. The zero-order valence-corrected chi connectivity index (χ0v) is 17.1. The Morgan fingerprint density at radius 3 is 2.62 bits per heavy atom. The van der Waals surface area contributed by atoms with Gasteiger partial charge in [-0.15, -0.1) is 0 Å². The third-order valence-electron chi connectivity index (χ3n) is 6.13. The minimum absolute atomic E-state index is 0.415. The van der Waals surface area contributed by atoms with E-state index in [4.69, 9.17) is 4.74 Å². The van der Waals surface area contributed by atoms with Gasteiger partial charge >= 0.3 is 0 Å². The SMILES string of the molecule is Cc1ccnc2cc3c(cc12)OC(C)(C)C(O)(CO)C3NCCc1ccccc1. The summed E-state index contributed by atoms with van der Waals surface area (Å²) in [5, 5.41) is 26.2. The summed E-state index contributed by atoms with van der Waals surface area (Å²) in [6.45, 7) is 5.92. The highest BCUT2D eigenvalue weighted by Crippen LogP contribution is 2.47. The number of benzene rings is 2. The molecule has 2 unspecified atom stereocenters. The summed E-state index contributed by atoms with van der Waals surface area (Å²) >= 11 is 0. The van der Waals surface area contributed by atoms with Gasteiger partial charge in [0.2, 0.25) is 0 Å². The van der Waals surface area contributed by atoms with E-state index in [1.807, 2.05) is 57.2 Å². The van der Waals surface area contributed by atoms with Crippen LogP contribution < -0.4 is 10.1 Å². The Morgan fingerprint density at radius 1 is 1.14 bits per heavy atom. The maximum atomic E-state index is 11.5. The first-order valence-electron chi connectivity index (χ1n) is 10.0. The van der Waals surface area contributed by atoms with Crippen LogP contribution in [0.4, 0.5) is 0 Å². The van der Waals surface area contributed by atoms with Crippen LogP contribution in [0.15, 0.2) is 54.7 Å². The molecule has 0 bridgehead atoms. The summed E-state index contributed by atoms with van der Waals surface area (Å²) < 4.78 is 6.21. The van der Waals surface area contributed by atoms with Crippen LogP contribution in [-0.2, 0) is 6.42 Å². The molecule has 0 saturated carbocycles. The fraction of sp³-hybridized carbons (Fsp3) is 0.375. The molecule has 0 spiro atoms. The first kappa shape index (κ1) is 19.8. The first-order valence-corrected chi connectivity index (χ1v) is 10.0. The lowest BCUT2D eigenvalue weighted by Gasteiger charge is -2.50. The van der Waals surface area contributed by atoms with Crippen LogP contribution in [0.5, 0.6) is 5.75 Å². The summed E-state index contributed by atoms with van der Waals surface area (Å²) in [6, 6.07) is 15.7. The molecule has 5 nitrogen and oxygen atoms in total. The highest BCUT2D eigenvalue weighted by atomic mass is 16.5. The maximum Gasteiger partial charge on any atom is 0.146 e. The van der Waals surface area contributed by atoms with E-state index < -0.39 is 23.9 Å². The van der Waals surface area contributed by atoms with E-state index >= 15 is 0 Å². The van der Waals surface area contributed by atoms with Crippen molar-refractivity contribution in [2.45, 2.75) is 44.4 Å². The molecule has 29 heavy (non-hydrogen) atoms. The van der Waals surface area contributed by atoms with Gasteiger partial charge in [-0.05, 0) is 63.1 Å². The van der Waals surface area contributed by atoms with Gasteiger partial charge in [-0.2, -0.15) is 0 Å². The largest absolute Gasteiger partial charge is 0.484 e. The van der Waals surface area contributed by atoms with Crippen LogP contribution >= 0.6 is 0 Å². The molecular weight excluding hydrogens is 364 g/mol. The number of fused-ring (bicyclic) bond motifs is 2. The second-order valence-corrected chi connectivity index (χ2v) is 8.35. The minimum atomic E-state index is -1.48. The van der Waals surface area contributed by atoms with Crippen LogP contribution in [0, 0.1) is 6.92 Å². The van der Waals surface area contributed by atoms with Crippen LogP contribution in [0.3, 0.4) is 0 Å². The average molecular weight is 392 g/mol. The van der Waals surface area contributed by atoms with Crippen molar-refractivity contribution < 1.29 is 14.9 Å². The molecule has 3 aromatic rings. The van der Waals surface area contributed by atoms with E-state index in [1.54, 1.807) is 6.20 Å². The summed E-state index contributed by atoms with van der Waals surface area (Å²) in [6.07, 6.45) is 2.61. The van der Waals surface area contributed by atoms with Crippen molar-refractivity contribution in [3.63, 3.8) is 0 Å². The second kappa shape index (κ2) is 7.41. The highest BCUT2D eigenvalue weighted by Gasteiger charge is 2.55. The zero-order valence-electron chi connectivity index (χ0n) is 17.1. The molecule has 3 N–H and O–H groups in total. The van der Waals surface area contributed by atoms with Crippen molar-refractivity contribution in [1.29, 1.82) is 0 Å². The van der Waals surface area contributed by atoms with Gasteiger partial charge in [0.05, 0.1) is 18.2 Å². The Kier molecular flexibility index (Phi) is 5.07. The molecule has 0 saturated heterocycles. The number of nitrogens with one attached hydrogen (secondary N) is 1. The van der Waals surface area contributed by atoms with Gasteiger partial charge in [0.1, 0.15) is 17.0 Å². The number of rotatable bonds is 5. The van der Waals surface area contributed by atoms with E-state index in [0.717, 1.165) is 28.5 Å². The summed E-state index contributed by atoms with van der Waals surface area (Å²) in [5.41, 5.74) is 1.56. The predicted molar refractivity (Wildman–Crippen MR) is 114 cm³/mol. The molecule has 2 atom stereocenters. The molecule has 0 aliphatic carbocycles. The number of pyridine rings is 1. The minimum Gasteiger partial charge on any atom is -0.484 e. The van der Waals surface area contributed by atoms with E-state index in [9.17, 15) is 10.2 Å². The maximum absolute atomic E-state index is 11.5. The number of hydrogen-bond acceptors (Lipinski definition) is 5. The quantitative estimate of drug-likeness (QED) is 0.621.